The molecule has 0 fully saturated rings. The van der Waals surface area contributed by atoms with Gasteiger partial charge < -0.3 is 15.7 Å². The molecule has 0 aliphatic carbocycles. The molecule has 0 aromatic carbocycles. The fourth-order valence-corrected chi connectivity index (χ4v) is 0.743. The molecule has 0 aromatic heterocycles. The van der Waals surface area contributed by atoms with Crippen LogP contribution in [0.3, 0.4) is 0 Å². The van der Waals surface area contributed by atoms with E-state index in [-0.39, 0.29) is 25.5 Å². The lowest BCUT2D eigenvalue weighted by atomic mass is 10.3. The molecular formula is C7H14N2O3. The average Bonchev–Trinajstić information content (AvgIpc) is 1.98. The van der Waals surface area contributed by atoms with E-state index in [9.17, 15) is 9.59 Å². The quantitative estimate of drug-likeness (QED) is 0.543. The third kappa shape index (κ3) is 4.68. The van der Waals surface area contributed by atoms with Gasteiger partial charge in [0.15, 0.2) is 0 Å². The first-order chi connectivity index (χ1) is 5.57. The SMILES string of the molecule is CN(CC(N)=O)C(=O)CCCO. The molecule has 0 saturated heterocycles. The van der Waals surface area contributed by atoms with Gasteiger partial charge in [0.25, 0.3) is 0 Å². The molecule has 0 atom stereocenters. The number of carbonyl (C=O) groups excluding carboxylic acids is 2. The molecule has 70 valence electrons. The van der Waals surface area contributed by atoms with Crippen molar-refractivity contribution in [1.82, 2.24) is 4.90 Å². The van der Waals surface area contributed by atoms with E-state index in [1.165, 1.54) is 11.9 Å². The van der Waals surface area contributed by atoms with Crippen LogP contribution in [0, 0.1) is 0 Å². The molecule has 0 unspecified atom stereocenters. The molecule has 5 nitrogen and oxygen atoms in total. The van der Waals surface area contributed by atoms with E-state index in [1.807, 2.05) is 0 Å². The first-order valence-electron chi connectivity index (χ1n) is 3.71. The Hall–Kier alpha value is -1.10. The number of aliphatic hydroxyl groups is 1. The Labute approximate surface area is 71.1 Å². The molecule has 0 aliphatic rings. The minimum absolute atomic E-state index is 0.0177. The number of aliphatic hydroxyl groups excluding tert-OH is 1. The molecule has 0 heterocycles. The summed E-state index contributed by atoms with van der Waals surface area (Å²) in [7, 11) is 1.50. The molecule has 0 spiro atoms. The van der Waals surface area contributed by atoms with E-state index in [0.717, 1.165) is 0 Å². The van der Waals surface area contributed by atoms with Crippen LogP contribution in [0.2, 0.25) is 0 Å². The maximum atomic E-state index is 11.0. The summed E-state index contributed by atoms with van der Waals surface area (Å²) in [6.07, 6.45) is 0.669. The number of nitrogens with zero attached hydrogens (tertiary/aromatic N) is 1. The highest BCUT2D eigenvalue weighted by Crippen LogP contribution is 1.93. The third-order valence-electron chi connectivity index (χ3n) is 1.37. The summed E-state index contributed by atoms with van der Waals surface area (Å²) in [6, 6.07) is 0. The van der Waals surface area contributed by atoms with Crippen LogP contribution in [0.25, 0.3) is 0 Å². The highest BCUT2D eigenvalue weighted by Gasteiger charge is 2.09. The van der Waals surface area contributed by atoms with E-state index in [1.54, 1.807) is 0 Å². The Morgan fingerprint density at radius 1 is 1.50 bits per heavy atom. The van der Waals surface area contributed by atoms with E-state index in [0.29, 0.717) is 6.42 Å². The summed E-state index contributed by atoms with van der Waals surface area (Å²) in [4.78, 5) is 22.7. The Bertz CT molecular complexity index is 170. The number of carbonyl (C=O) groups is 2. The van der Waals surface area contributed by atoms with Gasteiger partial charge in [-0.3, -0.25) is 9.59 Å². The number of amides is 2. The Morgan fingerprint density at radius 3 is 2.50 bits per heavy atom. The van der Waals surface area contributed by atoms with Crippen molar-refractivity contribution in [3.63, 3.8) is 0 Å². The number of hydrogen-bond acceptors (Lipinski definition) is 3. The Morgan fingerprint density at radius 2 is 2.08 bits per heavy atom. The fourth-order valence-electron chi connectivity index (χ4n) is 0.743. The van der Waals surface area contributed by atoms with Crippen molar-refractivity contribution in [1.29, 1.82) is 0 Å². The number of primary amides is 1. The van der Waals surface area contributed by atoms with Crippen LogP contribution in [-0.4, -0.2) is 42.0 Å². The van der Waals surface area contributed by atoms with Gasteiger partial charge in [0.05, 0.1) is 6.54 Å². The lowest BCUT2D eigenvalue weighted by molar-refractivity contribution is -0.134. The van der Waals surface area contributed by atoms with Crippen LogP contribution in [0.5, 0.6) is 0 Å². The van der Waals surface area contributed by atoms with Gasteiger partial charge in [-0.15, -0.1) is 0 Å². The molecule has 0 rings (SSSR count). The maximum absolute atomic E-state index is 11.0. The molecule has 0 saturated carbocycles. The van der Waals surface area contributed by atoms with Crippen molar-refractivity contribution in [2.24, 2.45) is 5.73 Å². The van der Waals surface area contributed by atoms with Gasteiger partial charge in [0.1, 0.15) is 0 Å². The number of hydrogen-bond donors (Lipinski definition) is 2. The summed E-state index contributed by atoms with van der Waals surface area (Å²) in [5, 5.41) is 8.42. The molecule has 0 radical (unpaired) electrons. The minimum Gasteiger partial charge on any atom is -0.396 e. The Balaban J connectivity index is 3.69. The summed E-state index contributed by atoms with van der Waals surface area (Å²) in [6.45, 7) is -0.0829. The summed E-state index contributed by atoms with van der Waals surface area (Å²) < 4.78 is 0. The van der Waals surface area contributed by atoms with Crippen LogP contribution in [0.1, 0.15) is 12.8 Å². The van der Waals surface area contributed by atoms with Crippen molar-refractivity contribution in [2.45, 2.75) is 12.8 Å². The van der Waals surface area contributed by atoms with Crippen LogP contribution < -0.4 is 5.73 Å². The average molecular weight is 174 g/mol. The lowest BCUT2D eigenvalue weighted by Crippen LogP contribution is -2.35. The summed E-state index contributed by atoms with van der Waals surface area (Å²) in [5.41, 5.74) is 4.88. The largest absolute Gasteiger partial charge is 0.396 e. The predicted molar refractivity (Wildman–Crippen MR) is 43.2 cm³/mol. The second-order valence-corrected chi connectivity index (χ2v) is 2.54. The van der Waals surface area contributed by atoms with Crippen LogP contribution in [0.4, 0.5) is 0 Å². The monoisotopic (exact) mass is 174 g/mol. The maximum Gasteiger partial charge on any atom is 0.237 e. The molecule has 0 bridgehead atoms. The van der Waals surface area contributed by atoms with Crippen LogP contribution in [-0.2, 0) is 9.59 Å². The first-order valence-corrected chi connectivity index (χ1v) is 3.71. The predicted octanol–water partition coefficient (Wildman–Crippen LogP) is -1.30. The fraction of sp³-hybridized carbons (Fsp3) is 0.714. The van der Waals surface area contributed by atoms with E-state index < -0.39 is 5.91 Å². The van der Waals surface area contributed by atoms with Crippen LogP contribution >= 0.6 is 0 Å². The molecule has 2 amide bonds. The number of rotatable bonds is 5. The highest BCUT2D eigenvalue weighted by molar-refractivity contribution is 5.83. The first kappa shape index (κ1) is 10.9. The molecule has 0 aromatic rings. The Kier molecular flexibility index (Phi) is 5.03. The van der Waals surface area contributed by atoms with Crippen molar-refractivity contribution in [3.8, 4) is 0 Å². The van der Waals surface area contributed by atoms with Gasteiger partial charge in [-0.05, 0) is 6.42 Å². The highest BCUT2D eigenvalue weighted by atomic mass is 16.3. The zero-order valence-corrected chi connectivity index (χ0v) is 7.12. The normalized spacial score (nSPS) is 9.50. The third-order valence-corrected chi connectivity index (χ3v) is 1.37. The van der Waals surface area contributed by atoms with E-state index in [4.69, 9.17) is 10.8 Å². The van der Waals surface area contributed by atoms with E-state index >= 15 is 0 Å². The molecule has 0 aliphatic heterocycles. The lowest BCUT2D eigenvalue weighted by Gasteiger charge is -2.14. The van der Waals surface area contributed by atoms with E-state index in [2.05, 4.69) is 0 Å². The van der Waals surface area contributed by atoms with Crippen molar-refractivity contribution >= 4 is 11.8 Å². The van der Waals surface area contributed by atoms with Gasteiger partial charge in [0, 0.05) is 20.1 Å². The van der Waals surface area contributed by atoms with Crippen LogP contribution in [0.15, 0.2) is 0 Å². The zero-order valence-electron chi connectivity index (χ0n) is 7.12. The smallest absolute Gasteiger partial charge is 0.237 e. The summed E-state index contributed by atoms with van der Waals surface area (Å²) in [5.74, 6) is -0.710. The van der Waals surface area contributed by atoms with Gasteiger partial charge in [-0.25, -0.2) is 0 Å². The number of nitrogens with two attached hydrogens (primary N) is 1. The molecule has 5 heteroatoms. The van der Waals surface area contributed by atoms with Crippen molar-refractivity contribution in [2.75, 3.05) is 20.2 Å². The molecular weight excluding hydrogens is 160 g/mol. The minimum atomic E-state index is -0.533. The molecule has 12 heavy (non-hydrogen) atoms. The van der Waals surface area contributed by atoms with Gasteiger partial charge >= 0.3 is 0 Å². The molecule has 3 N–H and O–H groups in total. The topological polar surface area (TPSA) is 83.6 Å². The second kappa shape index (κ2) is 5.54. The second-order valence-electron chi connectivity index (χ2n) is 2.54. The number of likely N-dealkylation sites (N-methyl/N-ethyl adjacent to an activating group) is 1. The van der Waals surface area contributed by atoms with Gasteiger partial charge in [-0.1, -0.05) is 0 Å². The van der Waals surface area contributed by atoms with Gasteiger partial charge in [0.2, 0.25) is 11.8 Å². The standard InChI is InChI=1S/C7H14N2O3/c1-9(5-6(8)11)7(12)3-2-4-10/h10H,2-5H2,1H3,(H2,8,11). The zero-order chi connectivity index (χ0) is 9.56. The summed E-state index contributed by atoms with van der Waals surface area (Å²) >= 11 is 0. The van der Waals surface area contributed by atoms with Crippen molar-refractivity contribution < 1.29 is 14.7 Å². The van der Waals surface area contributed by atoms with Gasteiger partial charge in [-0.2, -0.15) is 0 Å². The van der Waals surface area contributed by atoms with Crippen molar-refractivity contribution in [3.05, 3.63) is 0 Å².